The van der Waals surface area contributed by atoms with Crippen LogP contribution in [-0.4, -0.2) is 49.7 Å². The second-order valence-electron chi connectivity index (χ2n) is 7.77. The molecule has 1 aliphatic rings. The molecule has 5 nitrogen and oxygen atoms in total. The second kappa shape index (κ2) is 11.3. The van der Waals surface area contributed by atoms with Gasteiger partial charge in [-0.25, -0.2) is 0 Å². The molecule has 0 aromatic heterocycles. The van der Waals surface area contributed by atoms with Crippen molar-refractivity contribution in [2.45, 2.75) is 83.9 Å². The van der Waals surface area contributed by atoms with Gasteiger partial charge in [-0.1, -0.05) is 19.9 Å². The molecule has 0 amide bonds. The van der Waals surface area contributed by atoms with Crippen LogP contribution in [0.5, 0.6) is 0 Å². The Kier molecular flexibility index (Phi) is 10.2. The van der Waals surface area contributed by atoms with Crippen molar-refractivity contribution in [1.29, 1.82) is 0 Å². The fourth-order valence-electron chi connectivity index (χ4n) is 3.38. The van der Waals surface area contributed by atoms with Gasteiger partial charge in [-0.15, -0.1) is 6.58 Å². The van der Waals surface area contributed by atoms with Gasteiger partial charge in [-0.3, -0.25) is 0 Å². The van der Waals surface area contributed by atoms with E-state index in [1.54, 1.807) is 7.11 Å². The van der Waals surface area contributed by atoms with E-state index in [4.69, 9.17) is 18.9 Å². The summed E-state index contributed by atoms with van der Waals surface area (Å²) >= 11 is 0. The molecule has 0 unspecified atom stereocenters. The number of aliphatic hydroxyl groups is 1. The summed E-state index contributed by atoms with van der Waals surface area (Å²) in [5.74, 6) is 0.0704. The van der Waals surface area contributed by atoms with Gasteiger partial charge in [-0.2, -0.15) is 0 Å². The molecule has 25 heavy (non-hydrogen) atoms. The molecule has 0 aromatic carbocycles. The lowest BCUT2D eigenvalue weighted by molar-refractivity contribution is -0.147. The lowest BCUT2D eigenvalue weighted by atomic mass is 9.90. The minimum atomic E-state index is -0.505. The van der Waals surface area contributed by atoms with Gasteiger partial charge in [0.05, 0.1) is 18.3 Å². The Balaban J connectivity index is 2.49. The van der Waals surface area contributed by atoms with E-state index in [-0.39, 0.29) is 37.6 Å². The Morgan fingerprint density at radius 3 is 2.40 bits per heavy atom. The van der Waals surface area contributed by atoms with Crippen LogP contribution in [0.1, 0.15) is 59.8 Å². The van der Waals surface area contributed by atoms with Crippen LogP contribution in [0.25, 0.3) is 0 Å². The van der Waals surface area contributed by atoms with Crippen LogP contribution in [-0.2, 0) is 18.9 Å². The number of allylic oxidation sites excluding steroid dienone is 1. The summed E-state index contributed by atoms with van der Waals surface area (Å²) in [5.41, 5.74) is 0. The van der Waals surface area contributed by atoms with E-state index in [1.165, 1.54) is 0 Å². The normalized spacial score (nSPS) is 26.3. The van der Waals surface area contributed by atoms with Gasteiger partial charge < -0.3 is 24.1 Å². The van der Waals surface area contributed by atoms with Crippen molar-refractivity contribution in [3.05, 3.63) is 12.7 Å². The van der Waals surface area contributed by atoms with Crippen LogP contribution < -0.4 is 0 Å². The fraction of sp³-hybridized carbons (Fsp3) is 0.900. The first-order chi connectivity index (χ1) is 11.8. The molecule has 0 aromatic rings. The quantitative estimate of drug-likeness (QED) is 0.400. The monoisotopic (exact) mass is 358 g/mol. The highest BCUT2D eigenvalue weighted by atomic mass is 16.7. The largest absolute Gasteiger partial charge is 0.396 e. The van der Waals surface area contributed by atoms with Gasteiger partial charge in [0, 0.05) is 19.6 Å². The first kappa shape index (κ1) is 22.6. The van der Waals surface area contributed by atoms with E-state index in [2.05, 4.69) is 13.5 Å². The van der Waals surface area contributed by atoms with Crippen molar-refractivity contribution in [3.8, 4) is 0 Å². The van der Waals surface area contributed by atoms with E-state index < -0.39 is 5.79 Å². The minimum absolute atomic E-state index is 0.00806. The summed E-state index contributed by atoms with van der Waals surface area (Å²) < 4.78 is 22.9. The van der Waals surface area contributed by atoms with Crippen LogP contribution >= 0.6 is 0 Å². The zero-order valence-corrected chi connectivity index (χ0v) is 16.7. The molecule has 5 heteroatoms. The highest BCUT2D eigenvalue weighted by Crippen LogP contribution is 2.34. The van der Waals surface area contributed by atoms with Crippen molar-refractivity contribution in [2.24, 2.45) is 11.8 Å². The highest BCUT2D eigenvalue weighted by molar-refractivity contribution is 4.84. The Hall–Kier alpha value is -0.460. The van der Waals surface area contributed by atoms with E-state index in [0.717, 1.165) is 32.1 Å². The molecule has 0 bridgehead atoms. The molecule has 1 fully saturated rings. The van der Waals surface area contributed by atoms with Crippen molar-refractivity contribution >= 4 is 0 Å². The maximum absolute atomic E-state index is 9.43. The molecule has 1 heterocycles. The maximum atomic E-state index is 9.43. The Morgan fingerprint density at radius 2 is 1.84 bits per heavy atom. The first-order valence-corrected chi connectivity index (χ1v) is 9.50. The van der Waals surface area contributed by atoms with Crippen LogP contribution in [0, 0.1) is 11.8 Å². The molecule has 148 valence electrons. The van der Waals surface area contributed by atoms with Crippen LogP contribution in [0.15, 0.2) is 12.7 Å². The Morgan fingerprint density at radius 1 is 1.20 bits per heavy atom. The first-order valence-electron chi connectivity index (χ1n) is 9.50. The number of methoxy groups -OCH3 is 1. The van der Waals surface area contributed by atoms with Crippen molar-refractivity contribution in [3.63, 3.8) is 0 Å². The zero-order chi connectivity index (χ0) is 18.9. The average molecular weight is 359 g/mol. The lowest BCUT2D eigenvalue weighted by Gasteiger charge is -2.26. The predicted molar refractivity (Wildman–Crippen MR) is 99.3 cm³/mol. The van der Waals surface area contributed by atoms with E-state index in [1.807, 2.05) is 26.8 Å². The molecule has 0 radical (unpaired) electrons. The number of ether oxygens (including phenoxy) is 4. The topological polar surface area (TPSA) is 57.2 Å². The van der Waals surface area contributed by atoms with Gasteiger partial charge >= 0.3 is 0 Å². The third-order valence-electron chi connectivity index (χ3n) is 4.84. The van der Waals surface area contributed by atoms with Gasteiger partial charge in [0.2, 0.25) is 0 Å². The molecular formula is C20H38O5. The maximum Gasteiger partial charge on any atom is 0.163 e. The van der Waals surface area contributed by atoms with Crippen molar-refractivity contribution in [2.75, 3.05) is 20.5 Å². The molecule has 0 saturated carbocycles. The van der Waals surface area contributed by atoms with Gasteiger partial charge in [0.15, 0.2) is 5.79 Å². The number of aliphatic hydroxyl groups excluding tert-OH is 1. The molecule has 0 aliphatic carbocycles. The van der Waals surface area contributed by atoms with E-state index >= 15 is 0 Å². The summed E-state index contributed by atoms with van der Waals surface area (Å²) in [5, 5.41) is 9.43. The summed E-state index contributed by atoms with van der Waals surface area (Å²) in [6, 6.07) is 0. The zero-order valence-electron chi connectivity index (χ0n) is 16.7. The molecule has 5 atom stereocenters. The van der Waals surface area contributed by atoms with Crippen LogP contribution in [0.2, 0.25) is 0 Å². The second-order valence-corrected chi connectivity index (χ2v) is 7.77. The number of hydrogen-bond acceptors (Lipinski definition) is 5. The fourth-order valence-corrected chi connectivity index (χ4v) is 3.38. The predicted octanol–water partition coefficient (Wildman–Crippen LogP) is 3.90. The number of rotatable bonds is 13. The van der Waals surface area contributed by atoms with E-state index in [9.17, 15) is 5.11 Å². The van der Waals surface area contributed by atoms with Crippen LogP contribution in [0.4, 0.5) is 0 Å². The lowest BCUT2D eigenvalue weighted by Crippen LogP contribution is -2.28. The highest BCUT2D eigenvalue weighted by Gasteiger charge is 2.40. The molecular weight excluding hydrogens is 320 g/mol. The Bertz CT molecular complexity index is 371. The Labute approximate surface area is 153 Å². The average Bonchev–Trinajstić information content (AvgIpc) is 2.87. The molecule has 1 N–H and O–H groups in total. The van der Waals surface area contributed by atoms with Gasteiger partial charge in [0.25, 0.3) is 0 Å². The molecule has 1 rings (SSSR count). The molecule has 1 aliphatic heterocycles. The third kappa shape index (κ3) is 8.18. The number of hydrogen-bond donors (Lipinski definition) is 1. The summed E-state index contributed by atoms with van der Waals surface area (Å²) in [6.07, 6.45) is 7.01. The van der Waals surface area contributed by atoms with E-state index in [0.29, 0.717) is 5.92 Å². The molecule has 0 spiro atoms. The minimum Gasteiger partial charge on any atom is -0.396 e. The van der Waals surface area contributed by atoms with Crippen LogP contribution in [0.3, 0.4) is 0 Å². The van der Waals surface area contributed by atoms with Crippen molar-refractivity contribution in [1.82, 2.24) is 0 Å². The van der Waals surface area contributed by atoms with Gasteiger partial charge in [0.1, 0.15) is 6.79 Å². The third-order valence-corrected chi connectivity index (χ3v) is 4.84. The summed E-state index contributed by atoms with van der Waals surface area (Å²) in [6.45, 7) is 12.4. The SMILES string of the molecule is C=CCC[C@@H]1OC(C)(C)O[C@H]1CC[C@H](C)C[C@@H](OCOC)[C@@H](C)CO. The summed E-state index contributed by atoms with van der Waals surface area (Å²) in [7, 11) is 1.62. The molecule has 1 saturated heterocycles. The summed E-state index contributed by atoms with van der Waals surface area (Å²) in [4.78, 5) is 0. The standard InChI is InChI=1S/C20H38O5/c1-7-8-9-17-18(25-20(4,5)24-17)11-10-15(2)12-19(16(3)13-21)23-14-22-6/h7,15-19,21H,1,8-14H2,2-6H3/t15-,16-,17-,18-,19+/m0/s1. The van der Waals surface area contributed by atoms with Crippen molar-refractivity contribution < 1.29 is 24.1 Å². The van der Waals surface area contributed by atoms with Gasteiger partial charge in [-0.05, 0) is 51.9 Å². The smallest absolute Gasteiger partial charge is 0.163 e.